The Kier molecular flexibility index (Phi) is 8.38. The largest absolute Gasteiger partial charge is 0.355 e. The zero-order valence-corrected chi connectivity index (χ0v) is 15.4. The fraction of sp³-hybridized carbons (Fsp3) is 0.571. The molecular weight excluding hydrogens is 390 g/mol. The van der Waals surface area contributed by atoms with Crippen LogP contribution in [0.4, 0.5) is 0 Å². The lowest BCUT2D eigenvalue weighted by atomic mass is 9.97. The van der Waals surface area contributed by atoms with E-state index in [1.165, 1.54) is 0 Å². The maximum absolute atomic E-state index is 12.3. The van der Waals surface area contributed by atoms with Crippen molar-refractivity contribution in [1.29, 1.82) is 0 Å². The second-order valence-corrected chi connectivity index (χ2v) is 7.69. The molecule has 2 heterocycles. The summed E-state index contributed by atoms with van der Waals surface area (Å²) in [6.45, 7) is 2.19. The lowest BCUT2D eigenvalue weighted by Crippen LogP contribution is -2.46. The summed E-state index contributed by atoms with van der Waals surface area (Å²) in [5.74, 6) is 0.00168. The van der Waals surface area contributed by atoms with Gasteiger partial charge in [0.1, 0.15) is 0 Å². The van der Waals surface area contributed by atoms with Crippen LogP contribution in [0.3, 0.4) is 0 Å². The highest BCUT2D eigenvalue weighted by Crippen LogP contribution is 2.24. The lowest BCUT2D eigenvalue weighted by Gasteiger charge is -2.32. The average Bonchev–Trinajstić information content (AvgIpc) is 2.90. The van der Waals surface area contributed by atoms with Crippen molar-refractivity contribution < 1.29 is 9.59 Å². The quantitative estimate of drug-likeness (QED) is 0.777. The van der Waals surface area contributed by atoms with Gasteiger partial charge in [0.05, 0.1) is 16.1 Å². The van der Waals surface area contributed by atoms with Crippen molar-refractivity contribution in [2.75, 3.05) is 26.2 Å². The standard InChI is InChI=1S/C14H20BrN3O2S.ClH/c15-12-4-3-11(21-12)8-13(19)18-7-1-2-10(9-18)14(20)17-6-5-16;/h3-4,10H,1-2,5-9,16H2,(H,17,20);1H. The number of nitrogens with zero attached hydrogens (tertiary/aromatic N) is 1. The summed E-state index contributed by atoms with van der Waals surface area (Å²) in [7, 11) is 0. The Balaban J connectivity index is 0.00000242. The van der Waals surface area contributed by atoms with Gasteiger partial charge in [-0.15, -0.1) is 23.7 Å². The number of nitrogens with one attached hydrogen (secondary N) is 1. The summed E-state index contributed by atoms with van der Waals surface area (Å²) in [5, 5.41) is 2.81. The highest BCUT2D eigenvalue weighted by molar-refractivity contribution is 9.11. The number of hydrogen-bond acceptors (Lipinski definition) is 4. The fourth-order valence-corrected chi connectivity index (χ4v) is 3.94. The van der Waals surface area contributed by atoms with Gasteiger partial charge in [0.25, 0.3) is 0 Å². The molecule has 0 aromatic carbocycles. The summed E-state index contributed by atoms with van der Waals surface area (Å²) >= 11 is 4.98. The van der Waals surface area contributed by atoms with E-state index in [0.717, 1.165) is 28.0 Å². The van der Waals surface area contributed by atoms with Crippen molar-refractivity contribution in [3.8, 4) is 0 Å². The lowest BCUT2D eigenvalue weighted by molar-refractivity contribution is -0.135. The van der Waals surface area contributed by atoms with E-state index in [1.807, 2.05) is 17.0 Å². The minimum absolute atomic E-state index is 0. The zero-order chi connectivity index (χ0) is 15.2. The molecule has 0 spiro atoms. The van der Waals surface area contributed by atoms with Crippen molar-refractivity contribution in [1.82, 2.24) is 10.2 Å². The molecule has 1 aromatic heterocycles. The summed E-state index contributed by atoms with van der Waals surface area (Å²) < 4.78 is 1.03. The number of piperidine rings is 1. The Bertz CT molecular complexity index is 512. The maximum atomic E-state index is 12.3. The highest BCUT2D eigenvalue weighted by atomic mass is 79.9. The Labute approximate surface area is 149 Å². The van der Waals surface area contributed by atoms with Gasteiger partial charge in [0.15, 0.2) is 0 Å². The van der Waals surface area contributed by atoms with E-state index in [4.69, 9.17) is 5.73 Å². The first-order chi connectivity index (χ1) is 10.1. The topological polar surface area (TPSA) is 75.4 Å². The number of rotatable bonds is 5. The molecule has 8 heteroatoms. The van der Waals surface area contributed by atoms with Crippen molar-refractivity contribution in [3.63, 3.8) is 0 Å². The van der Waals surface area contributed by atoms with Gasteiger partial charge in [0, 0.05) is 31.1 Å². The molecule has 0 saturated carbocycles. The van der Waals surface area contributed by atoms with Gasteiger partial charge in [-0.05, 0) is 40.9 Å². The van der Waals surface area contributed by atoms with Crippen LogP contribution in [0, 0.1) is 5.92 Å². The Hall–Kier alpha value is -0.630. The van der Waals surface area contributed by atoms with Crippen molar-refractivity contribution >= 4 is 51.5 Å². The SMILES string of the molecule is Cl.NCCNC(=O)C1CCCN(C(=O)Cc2ccc(Br)s2)C1. The molecular formula is C14H21BrClN3O2S. The summed E-state index contributed by atoms with van der Waals surface area (Å²) in [6.07, 6.45) is 2.12. The summed E-state index contributed by atoms with van der Waals surface area (Å²) in [4.78, 5) is 27.2. The second kappa shape index (κ2) is 9.50. The molecule has 0 bridgehead atoms. The van der Waals surface area contributed by atoms with Crippen LogP contribution in [0.25, 0.3) is 0 Å². The van der Waals surface area contributed by atoms with Crippen LogP contribution in [0.5, 0.6) is 0 Å². The van der Waals surface area contributed by atoms with E-state index in [-0.39, 0.29) is 30.1 Å². The van der Waals surface area contributed by atoms with Crippen LogP contribution < -0.4 is 11.1 Å². The molecule has 1 unspecified atom stereocenters. The molecule has 1 fully saturated rings. The monoisotopic (exact) mass is 409 g/mol. The third-order valence-corrected chi connectivity index (χ3v) is 5.17. The molecule has 1 aromatic rings. The zero-order valence-electron chi connectivity index (χ0n) is 12.2. The first-order valence-corrected chi connectivity index (χ1v) is 8.71. The van der Waals surface area contributed by atoms with E-state index < -0.39 is 0 Å². The van der Waals surface area contributed by atoms with E-state index in [9.17, 15) is 9.59 Å². The van der Waals surface area contributed by atoms with Crippen LogP contribution in [-0.4, -0.2) is 42.9 Å². The number of likely N-dealkylation sites (tertiary alicyclic amines) is 1. The molecule has 1 atom stereocenters. The minimum Gasteiger partial charge on any atom is -0.355 e. The average molecular weight is 411 g/mol. The van der Waals surface area contributed by atoms with E-state index in [2.05, 4.69) is 21.2 Å². The highest BCUT2D eigenvalue weighted by Gasteiger charge is 2.28. The first-order valence-electron chi connectivity index (χ1n) is 7.10. The van der Waals surface area contributed by atoms with E-state index in [1.54, 1.807) is 11.3 Å². The van der Waals surface area contributed by atoms with Crippen LogP contribution in [0.1, 0.15) is 17.7 Å². The Morgan fingerprint density at radius 3 is 2.86 bits per heavy atom. The van der Waals surface area contributed by atoms with Gasteiger partial charge in [-0.1, -0.05) is 0 Å². The molecule has 5 nitrogen and oxygen atoms in total. The molecule has 0 aliphatic carbocycles. The summed E-state index contributed by atoms with van der Waals surface area (Å²) in [6, 6.07) is 3.91. The summed E-state index contributed by atoms with van der Waals surface area (Å²) in [5.41, 5.74) is 5.39. The van der Waals surface area contributed by atoms with E-state index >= 15 is 0 Å². The molecule has 3 N–H and O–H groups in total. The predicted molar refractivity (Wildman–Crippen MR) is 94.3 cm³/mol. The van der Waals surface area contributed by atoms with Crippen LogP contribution >= 0.6 is 39.7 Å². The Morgan fingerprint density at radius 2 is 2.23 bits per heavy atom. The minimum atomic E-state index is -0.107. The maximum Gasteiger partial charge on any atom is 0.227 e. The predicted octanol–water partition coefficient (Wildman–Crippen LogP) is 1.79. The molecule has 1 saturated heterocycles. The van der Waals surface area contributed by atoms with Gasteiger partial charge in [-0.25, -0.2) is 0 Å². The van der Waals surface area contributed by atoms with Crippen LogP contribution in [0.15, 0.2) is 15.9 Å². The molecule has 2 rings (SSSR count). The third-order valence-electron chi connectivity index (χ3n) is 3.54. The fourth-order valence-electron chi connectivity index (χ4n) is 2.46. The molecule has 2 amide bonds. The molecule has 124 valence electrons. The number of nitrogens with two attached hydrogens (primary N) is 1. The van der Waals surface area contributed by atoms with Gasteiger partial charge >= 0.3 is 0 Å². The van der Waals surface area contributed by atoms with Gasteiger partial charge in [0.2, 0.25) is 11.8 Å². The van der Waals surface area contributed by atoms with Gasteiger partial charge in [-0.3, -0.25) is 9.59 Å². The van der Waals surface area contributed by atoms with E-state index in [0.29, 0.717) is 26.1 Å². The molecule has 1 aliphatic heterocycles. The number of carbonyl (C=O) groups excluding carboxylic acids is 2. The van der Waals surface area contributed by atoms with Gasteiger partial charge < -0.3 is 16.0 Å². The number of carbonyl (C=O) groups is 2. The Morgan fingerprint density at radius 1 is 1.45 bits per heavy atom. The van der Waals surface area contributed by atoms with Crippen molar-refractivity contribution in [3.05, 3.63) is 20.8 Å². The van der Waals surface area contributed by atoms with Crippen LogP contribution in [-0.2, 0) is 16.0 Å². The van der Waals surface area contributed by atoms with Gasteiger partial charge in [-0.2, -0.15) is 0 Å². The molecule has 0 radical (unpaired) electrons. The van der Waals surface area contributed by atoms with Crippen LogP contribution in [0.2, 0.25) is 0 Å². The van der Waals surface area contributed by atoms with Crippen molar-refractivity contribution in [2.45, 2.75) is 19.3 Å². The third kappa shape index (κ3) is 5.53. The molecule has 22 heavy (non-hydrogen) atoms. The number of amides is 2. The number of hydrogen-bond donors (Lipinski definition) is 2. The normalized spacial score (nSPS) is 17.7. The second-order valence-electron chi connectivity index (χ2n) is 5.14. The molecule has 1 aliphatic rings. The number of halogens is 2. The first kappa shape index (κ1) is 19.4. The smallest absolute Gasteiger partial charge is 0.227 e. The van der Waals surface area contributed by atoms with Crippen molar-refractivity contribution in [2.24, 2.45) is 11.7 Å². The number of thiophene rings is 1.